The minimum Gasteiger partial charge on any atom is -0.486 e. The number of anilines is 1. The minimum atomic E-state index is -0.135. The van der Waals surface area contributed by atoms with Crippen molar-refractivity contribution in [2.45, 2.75) is 6.10 Å². The number of amides is 2. The molecule has 0 fully saturated rings. The van der Waals surface area contributed by atoms with Gasteiger partial charge >= 0.3 is 0 Å². The summed E-state index contributed by atoms with van der Waals surface area (Å²) in [6, 6.07) is 14.4. The lowest BCUT2D eigenvalue weighted by atomic mass is 10.2. The first-order chi connectivity index (χ1) is 13.4. The lowest BCUT2D eigenvalue weighted by Gasteiger charge is -2.29. The topological polar surface area (TPSA) is 71.1 Å². The maximum atomic E-state index is 12.3. The maximum Gasteiger partial charge on any atom is 0.253 e. The summed E-state index contributed by atoms with van der Waals surface area (Å²) in [5, 5.41) is 2.84. The average Bonchev–Trinajstić information content (AvgIpc) is 2.67. The van der Waals surface area contributed by atoms with Gasteiger partial charge in [-0.3, -0.25) is 14.5 Å². The Morgan fingerprint density at radius 2 is 1.71 bits per heavy atom. The van der Waals surface area contributed by atoms with Crippen LogP contribution in [0.2, 0.25) is 0 Å². The molecule has 2 aromatic rings. The number of rotatable bonds is 6. The predicted octanol–water partition coefficient (Wildman–Crippen LogP) is 2.10. The van der Waals surface area contributed by atoms with Crippen LogP contribution in [-0.4, -0.2) is 68.6 Å². The summed E-state index contributed by atoms with van der Waals surface area (Å²) in [7, 11) is 5.27. The zero-order valence-corrected chi connectivity index (χ0v) is 16.3. The van der Waals surface area contributed by atoms with E-state index in [9.17, 15) is 9.59 Å². The van der Waals surface area contributed by atoms with E-state index >= 15 is 0 Å². The van der Waals surface area contributed by atoms with Gasteiger partial charge in [-0.1, -0.05) is 12.1 Å². The van der Waals surface area contributed by atoms with Crippen molar-refractivity contribution in [3.8, 4) is 11.5 Å². The van der Waals surface area contributed by atoms with Gasteiger partial charge in [0.25, 0.3) is 5.91 Å². The number of benzene rings is 2. The van der Waals surface area contributed by atoms with Crippen LogP contribution < -0.4 is 14.8 Å². The molecular formula is C21H25N3O4. The highest BCUT2D eigenvalue weighted by Crippen LogP contribution is 2.30. The first-order valence-corrected chi connectivity index (χ1v) is 9.11. The van der Waals surface area contributed by atoms with Crippen molar-refractivity contribution in [2.75, 3.05) is 46.2 Å². The van der Waals surface area contributed by atoms with Gasteiger partial charge in [-0.25, -0.2) is 0 Å². The zero-order valence-electron chi connectivity index (χ0n) is 16.3. The van der Waals surface area contributed by atoms with Crippen molar-refractivity contribution >= 4 is 17.5 Å². The van der Waals surface area contributed by atoms with E-state index in [1.165, 1.54) is 4.90 Å². The molecule has 2 aromatic carbocycles. The van der Waals surface area contributed by atoms with E-state index in [1.54, 1.807) is 38.4 Å². The van der Waals surface area contributed by atoms with Crippen molar-refractivity contribution in [1.82, 2.24) is 9.80 Å². The summed E-state index contributed by atoms with van der Waals surface area (Å²) in [5.41, 5.74) is 1.23. The molecule has 1 N–H and O–H groups in total. The van der Waals surface area contributed by atoms with E-state index in [0.29, 0.717) is 24.4 Å². The van der Waals surface area contributed by atoms with E-state index in [4.69, 9.17) is 9.47 Å². The van der Waals surface area contributed by atoms with Crippen LogP contribution in [0.15, 0.2) is 48.5 Å². The number of carbonyl (C=O) groups excluding carboxylic acids is 2. The van der Waals surface area contributed by atoms with Gasteiger partial charge in [0.05, 0.1) is 6.54 Å². The smallest absolute Gasteiger partial charge is 0.253 e. The quantitative estimate of drug-likeness (QED) is 0.827. The molecule has 3 rings (SSSR count). The van der Waals surface area contributed by atoms with Gasteiger partial charge in [-0.2, -0.15) is 0 Å². The fourth-order valence-electron chi connectivity index (χ4n) is 2.97. The second-order valence-corrected chi connectivity index (χ2v) is 7.02. The molecule has 0 spiro atoms. The van der Waals surface area contributed by atoms with Crippen LogP contribution in [0, 0.1) is 0 Å². The molecule has 28 heavy (non-hydrogen) atoms. The summed E-state index contributed by atoms with van der Waals surface area (Å²) in [4.78, 5) is 27.6. The number of carbonyl (C=O) groups is 2. The highest BCUT2D eigenvalue weighted by atomic mass is 16.6. The van der Waals surface area contributed by atoms with Crippen molar-refractivity contribution < 1.29 is 19.1 Å². The van der Waals surface area contributed by atoms with Crippen molar-refractivity contribution in [3.63, 3.8) is 0 Å². The monoisotopic (exact) mass is 383 g/mol. The molecule has 0 saturated carbocycles. The Bertz CT molecular complexity index is 836. The largest absolute Gasteiger partial charge is 0.486 e. The van der Waals surface area contributed by atoms with Gasteiger partial charge in [0.15, 0.2) is 11.5 Å². The van der Waals surface area contributed by atoms with Crippen LogP contribution in [0.25, 0.3) is 0 Å². The van der Waals surface area contributed by atoms with Gasteiger partial charge in [0, 0.05) is 31.9 Å². The van der Waals surface area contributed by atoms with Gasteiger partial charge in [-0.15, -0.1) is 0 Å². The van der Waals surface area contributed by atoms with Crippen LogP contribution in [0.1, 0.15) is 10.4 Å². The molecule has 7 nitrogen and oxygen atoms in total. The Kier molecular flexibility index (Phi) is 6.16. The third-order valence-corrected chi connectivity index (χ3v) is 4.32. The molecule has 148 valence electrons. The van der Waals surface area contributed by atoms with Crippen molar-refractivity contribution in [3.05, 3.63) is 54.1 Å². The van der Waals surface area contributed by atoms with Gasteiger partial charge in [0.2, 0.25) is 5.91 Å². The van der Waals surface area contributed by atoms with Gasteiger partial charge in [-0.05, 0) is 43.4 Å². The summed E-state index contributed by atoms with van der Waals surface area (Å²) < 4.78 is 11.6. The lowest BCUT2D eigenvalue weighted by molar-refractivity contribution is -0.117. The molecule has 0 aliphatic carbocycles. The van der Waals surface area contributed by atoms with E-state index < -0.39 is 0 Å². The molecule has 0 bridgehead atoms. The zero-order chi connectivity index (χ0) is 20.1. The van der Waals surface area contributed by atoms with Crippen LogP contribution >= 0.6 is 0 Å². The van der Waals surface area contributed by atoms with E-state index in [-0.39, 0.29) is 24.5 Å². The first kappa shape index (κ1) is 19.7. The predicted molar refractivity (Wildman–Crippen MR) is 107 cm³/mol. The van der Waals surface area contributed by atoms with E-state index in [0.717, 1.165) is 11.5 Å². The fraction of sp³-hybridized carbons (Fsp3) is 0.333. The molecule has 0 radical (unpaired) electrons. The minimum absolute atomic E-state index is 0.0751. The lowest BCUT2D eigenvalue weighted by Crippen LogP contribution is -2.42. The van der Waals surface area contributed by atoms with E-state index in [1.807, 2.05) is 36.2 Å². The number of para-hydroxylation sites is 2. The van der Waals surface area contributed by atoms with Crippen LogP contribution in [0.3, 0.4) is 0 Å². The molecule has 1 aliphatic rings. The number of nitrogens with one attached hydrogen (secondary N) is 1. The summed E-state index contributed by atoms with van der Waals surface area (Å²) in [5.74, 6) is 1.26. The summed E-state index contributed by atoms with van der Waals surface area (Å²) in [6.07, 6.45) is -0.135. The normalized spacial score (nSPS) is 15.2. The Morgan fingerprint density at radius 3 is 2.39 bits per heavy atom. The highest BCUT2D eigenvalue weighted by molar-refractivity contribution is 5.96. The van der Waals surface area contributed by atoms with Crippen LogP contribution in [0.4, 0.5) is 5.69 Å². The SMILES string of the molecule is CN(CC(=O)Nc1ccc(C(=O)N(C)C)cc1)C[C@@H]1COc2ccccc2O1. The number of likely N-dealkylation sites (N-methyl/N-ethyl adjacent to an activating group) is 1. The summed E-state index contributed by atoms with van der Waals surface area (Å²) >= 11 is 0. The number of ether oxygens (including phenoxy) is 2. The number of hydrogen-bond donors (Lipinski definition) is 1. The van der Waals surface area contributed by atoms with E-state index in [2.05, 4.69) is 5.32 Å². The molecule has 0 saturated heterocycles. The number of hydrogen-bond acceptors (Lipinski definition) is 5. The number of nitrogens with zero attached hydrogens (tertiary/aromatic N) is 2. The third-order valence-electron chi connectivity index (χ3n) is 4.32. The standard InChI is InChI=1S/C21H25N3O4/c1-23(2)21(26)15-8-10-16(11-9-15)22-20(25)13-24(3)12-17-14-27-18-6-4-5-7-19(18)28-17/h4-11,17H,12-14H2,1-3H3,(H,22,25)/t17-/m1/s1. The van der Waals surface area contributed by atoms with Crippen LogP contribution in [0.5, 0.6) is 11.5 Å². The second kappa shape index (κ2) is 8.75. The molecule has 7 heteroatoms. The van der Waals surface area contributed by atoms with Gasteiger partial charge < -0.3 is 19.7 Å². The van der Waals surface area contributed by atoms with Crippen LogP contribution in [-0.2, 0) is 4.79 Å². The fourth-order valence-corrected chi connectivity index (χ4v) is 2.97. The molecule has 1 heterocycles. The Balaban J connectivity index is 1.48. The average molecular weight is 383 g/mol. The molecular weight excluding hydrogens is 358 g/mol. The molecule has 0 aromatic heterocycles. The second-order valence-electron chi connectivity index (χ2n) is 7.02. The molecule has 2 amide bonds. The Hall–Kier alpha value is -3.06. The Labute approximate surface area is 164 Å². The van der Waals surface area contributed by atoms with Crippen molar-refractivity contribution in [1.29, 1.82) is 0 Å². The highest BCUT2D eigenvalue weighted by Gasteiger charge is 2.22. The number of fused-ring (bicyclic) bond motifs is 1. The summed E-state index contributed by atoms with van der Waals surface area (Å²) in [6.45, 7) is 1.24. The third kappa shape index (κ3) is 5.01. The maximum absolute atomic E-state index is 12.3. The molecule has 1 aliphatic heterocycles. The molecule has 1 atom stereocenters. The van der Waals surface area contributed by atoms with Crippen molar-refractivity contribution in [2.24, 2.45) is 0 Å². The molecule has 0 unspecified atom stereocenters. The Morgan fingerprint density at radius 1 is 1.04 bits per heavy atom. The van der Waals surface area contributed by atoms with Gasteiger partial charge in [0.1, 0.15) is 12.7 Å². The first-order valence-electron chi connectivity index (χ1n) is 9.11.